The lowest BCUT2D eigenvalue weighted by molar-refractivity contribution is -0.140. The number of carbonyl (C=O) groups is 1. The zero-order valence-corrected chi connectivity index (χ0v) is 15.8. The Morgan fingerprint density at radius 2 is 2.05 bits per heavy atom. The minimum atomic E-state index is -3.86. The van der Waals surface area contributed by atoms with E-state index in [-0.39, 0.29) is 17.2 Å². The Morgan fingerprint density at radius 3 is 2.67 bits per heavy atom. The van der Waals surface area contributed by atoms with E-state index in [1.165, 1.54) is 17.8 Å². The predicted molar refractivity (Wildman–Crippen MR) is 89.2 cm³/mol. The molecule has 0 saturated carbocycles. The van der Waals surface area contributed by atoms with Crippen LogP contribution in [0.5, 0.6) is 0 Å². The summed E-state index contributed by atoms with van der Waals surface area (Å²) >= 11 is 8.03. The van der Waals surface area contributed by atoms with E-state index in [0.29, 0.717) is 14.7 Å². The second kappa shape index (κ2) is 6.57. The fraction of sp³-hybridized carbons (Fsp3) is 0.417. The summed E-state index contributed by atoms with van der Waals surface area (Å²) in [5, 5.41) is 9.25. The number of hydrogen-bond donors (Lipinski definition) is 1. The third kappa shape index (κ3) is 3.47. The van der Waals surface area contributed by atoms with Crippen LogP contribution in [0.2, 0.25) is 0 Å². The molecule has 1 saturated heterocycles. The van der Waals surface area contributed by atoms with E-state index in [2.05, 4.69) is 31.9 Å². The van der Waals surface area contributed by atoms with Crippen LogP contribution in [-0.4, -0.2) is 47.9 Å². The number of rotatable bonds is 3. The molecule has 21 heavy (non-hydrogen) atoms. The van der Waals surface area contributed by atoms with Gasteiger partial charge in [-0.1, -0.05) is 15.9 Å². The third-order valence-corrected chi connectivity index (χ3v) is 7.91. The van der Waals surface area contributed by atoms with E-state index in [4.69, 9.17) is 0 Å². The molecule has 116 valence electrons. The van der Waals surface area contributed by atoms with Crippen molar-refractivity contribution in [2.75, 3.05) is 18.1 Å². The largest absolute Gasteiger partial charge is 0.480 e. The van der Waals surface area contributed by atoms with Crippen molar-refractivity contribution in [3.63, 3.8) is 0 Å². The van der Waals surface area contributed by atoms with Crippen molar-refractivity contribution in [3.8, 4) is 0 Å². The lowest BCUT2D eigenvalue weighted by atomic mass is 10.2. The molecule has 1 fully saturated rings. The molecule has 0 amide bonds. The molecule has 0 spiro atoms. The molecule has 0 aromatic heterocycles. The number of nitrogens with zero attached hydrogens (tertiary/aromatic N) is 1. The van der Waals surface area contributed by atoms with Crippen molar-refractivity contribution in [2.24, 2.45) is 0 Å². The number of aliphatic carboxylic acids is 1. The standard InChI is InChI=1S/C12H13Br2NO4S2/c1-7-4-9(14)11(5-8(7)13)21(18,19)15-2-3-20-6-10(15)12(16)17/h4-5,10H,2-3,6H2,1H3,(H,16,17). The Balaban J connectivity index is 2.50. The summed E-state index contributed by atoms with van der Waals surface area (Å²) in [6.45, 7) is 2.05. The Bertz CT molecular complexity index is 678. The van der Waals surface area contributed by atoms with Crippen LogP contribution in [0.3, 0.4) is 0 Å². The monoisotopic (exact) mass is 457 g/mol. The minimum absolute atomic E-state index is 0.0816. The average molecular weight is 459 g/mol. The van der Waals surface area contributed by atoms with Crippen molar-refractivity contribution >= 4 is 59.6 Å². The number of thioether (sulfide) groups is 1. The molecule has 0 bridgehead atoms. The molecule has 1 aromatic rings. The molecule has 9 heteroatoms. The van der Waals surface area contributed by atoms with Gasteiger partial charge >= 0.3 is 5.97 Å². The minimum Gasteiger partial charge on any atom is -0.480 e. The predicted octanol–water partition coefficient (Wildman–Crippen LogP) is 2.71. The molecule has 1 unspecified atom stereocenters. The Morgan fingerprint density at radius 1 is 1.38 bits per heavy atom. The van der Waals surface area contributed by atoms with Gasteiger partial charge in [-0.05, 0) is 40.5 Å². The summed E-state index contributed by atoms with van der Waals surface area (Å²) in [6, 6.07) is 2.18. The highest BCUT2D eigenvalue weighted by molar-refractivity contribution is 9.11. The Labute approximate surface area is 144 Å². The second-order valence-corrected chi connectivity index (χ2v) is 9.29. The van der Waals surface area contributed by atoms with Gasteiger partial charge < -0.3 is 5.11 Å². The smallest absolute Gasteiger partial charge is 0.322 e. The van der Waals surface area contributed by atoms with Gasteiger partial charge in [0.2, 0.25) is 10.0 Å². The zero-order chi connectivity index (χ0) is 15.8. The van der Waals surface area contributed by atoms with Gasteiger partial charge in [-0.3, -0.25) is 4.79 Å². The van der Waals surface area contributed by atoms with Gasteiger partial charge in [0.15, 0.2) is 0 Å². The van der Waals surface area contributed by atoms with Gasteiger partial charge in [0, 0.05) is 27.0 Å². The van der Waals surface area contributed by atoms with Crippen LogP contribution in [0.25, 0.3) is 0 Å². The van der Waals surface area contributed by atoms with Crippen molar-refractivity contribution in [3.05, 3.63) is 26.6 Å². The van der Waals surface area contributed by atoms with Crippen molar-refractivity contribution in [1.29, 1.82) is 0 Å². The lowest BCUT2D eigenvalue weighted by Gasteiger charge is -2.31. The van der Waals surface area contributed by atoms with Gasteiger partial charge in [0.1, 0.15) is 6.04 Å². The first-order chi connectivity index (χ1) is 9.75. The van der Waals surface area contributed by atoms with E-state index >= 15 is 0 Å². The van der Waals surface area contributed by atoms with Crippen LogP contribution >= 0.6 is 43.6 Å². The zero-order valence-electron chi connectivity index (χ0n) is 11.0. The maximum absolute atomic E-state index is 12.8. The Kier molecular flexibility index (Phi) is 5.40. The number of carboxylic acids is 1. The molecule has 1 heterocycles. The first kappa shape index (κ1) is 17.3. The van der Waals surface area contributed by atoms with Crippen molar-refractivity contribution in [1.82, 2.24) is 4.31 Å². The van der Waals surface area contributed by atoms with Crippen LogP contribution in [0.1, 0.15) is 5.56 Å². The fourth-order valence-corrected chi connectivity index (χ4v) is 6.49. The summed E-state index contributed by atoms with van der Waals surface area (Å²) in [6.07, 6.45) is 0. The van der Waals surface area contributed by atoms with Gasteiger partial charge in [-0.2, -0.15) is 16.1 Å². The number of aryl methyl sites for hydroxylation is 1. The van der Waals surface area contributed by atoms with Crippen LogP contribution in [-0.2, 0) is 14.8 Å². The summed E-state index contributed by atoms with van der Waals surface area (Å²) in [4.78, 5) is 11.4. The number of sulfonamides is 1. The molecule has 1 aliphatic rings. The van der Waals surface area contributed by atoms with Crippen molar-refractivity contribution in [2.45, 2.75) is 17.9 Å². The summed E-state index contributed by atoms with van der Waals surface area (Å²) in [7, 11) is -3.86. The van der Waals surface area contributed by atoms with Gasteiger partial charge in [0.05, 0.1) is 4.90 Å². The van der Waals surface area contributed by atoms with Crippen molar-refractivity contribution < 1.29 is 18.3 Å². The van der Waals surface area contributed by atoms with Crippen LogP contribution in [0.15, 0.2) is 26.0 Å². The Hall–Kier alpha value is -0.0900. The first-order valence-corrected chi connectivity index (χ1v) is 10.2. The molecule has 1 atom stereocenters. The lowest BCUT2D eigenvalue weighted by Crippen LogP contribution is -2.50. The molecule has 2 rings (SSSR count). The third-order valence-electron chi connectivity index (χ3n) is 3.16. The van der Waals surface area contributed by atoms with Crippen LogP contribution in [0.4, 0.5) is 0 Å². The number of hydrogen-bond acceptors (Lipinski definition) is 4. The molecule has 1 aromatic carbocycles. The van der Waals surface area contributed by atoms with Gasteiger partial charge in [0.25, 0.3) is 0 Å². The normalized spacial score (nSPS) is 20.4. The molecular weight excluding hydrogens is 446 g/mol. The molecule has 0 radical (unpaired) electrons. The number of halogens is 2. The molecule has 1 N–H and O–H groups in total. The van der Waals surface area contributed by atoms with E-state index < -0.39 is 22.0 Å². The topological polar surface area (TPSA) is 74.7 Å². The maximum atomic E-state index is 12.8. The van der Waals surface area contributed by atoms with E-state index in [0.717, 1.165) is 9.87 Å². The van der Waals surface area contributed by atoms with E-state index in [1.807, 2.05) is 6.92 Å². The molecule has 5 nitrogen and oxygen atoms in total. The second-order valence-electron chi connectivity index (χ2n) is 4.58. The summed E-state index contributed by atoms with van der Waals surface area (Å²) in [5.74, 6) is -0.263. The quantitative estimate of drug-likeness (QED) is 0.753. The SMILES string of the molecule is Cc1cc(Br)c(S(=O)(=O)N2CCSCC2C(=O)O)cc1Br. The molecule has 0 aliphatic carbocycles. The average Bonchev–Trinajstić information content (AvgIpc) is 2.42. The van der Waals surface area contributed by atoms with Crippen LogP contribution in [0, 0.1) is 6.92 Å². The van der Waals surface area contributed by atoms with Gasteiger partial charge in [-0.25, -0.2) is 8.42 Å². The molecule has 1 aliphatic heterocycles. The van der Waals surface area contributed by atoms with Crippen LogP contribution < -0.4 is 0 Å². The van der Waals surface area contributed by atoms with E-state index in [1.54, 1.807) is 6.07 Å². The highest BCUT2D eigenvalue weighted by atomic mass is 79.9. The molecular formula is C12H13Br2NO4S2. The highest BCUT2D eigenvalue weighted by Gasteiger charge is 2.38. The number of carboxylic acid groups (broad SMARTS) is 1. The fourth-order valence-electron chi connectivity index (χ4n) is 2.02. The summed E-state index contributed by atoms with van der Waals surface area (Å²) in [5.41, 5.74) is 0.893. The highest BCUT2D eigenvalue weighted by Crippen LogP contribution is 2.33. The van der Waals surface area contributed by atoms with E-state index in [9.17, 15) is 18.3 Å². The van der Waals surface area contributed by atoms with Gasteiger partial charge in [-0.15, -0.1) is 0 Å². The summed E-state index contributed by atoms with van der Waals surface area (Å²) < 4.78 is 27.8. The maximum Gasteiger partial charge on any atom is 0.322 e. The first-order valence-electron chi connectivity index (χ1n) is 6.03. The number of benzene rings is 1.